The lowest BCUT2D eigenvalue weighted by Crippen LogP contribution is -2.47. The van der Waals surface area contributed by atoms with Gasteiger partial charge in [-0.05, 0) is 7.05 Å². The Morgan fingerprint density at radius 3 is 2.58 bits per heavy atom. The highest BCUT2D eigenvalue weighted by atomic mass is 16.5. The number of carboxylic acids is 1. The van der Waals surface area contributed by atoms with Crippen LogP contribution in [0, 0.1) is 0 Å². The lowest BCUT2D eigenvalue weighted by atomic mass is 10.2. The Hall–Kier alpha value is -1.38. The molecule has 1 atom stereocenters. The lowest BCUT2D eigenvalue weighted by molar-refractivity contribution is -0.139. The standard InChI is InChI=1S/C11H23N3O5/c1-14(6-8-19-2)5-4-12-11(18)13-9(3-7-15)10(16)17/h9,15H,3-8H2,1-2H3,(H,16,17)(H2,12,13,18)/t9-/m1/s1. The van der Waals surface area contributed by atoms with E-state index in [2.05, 4.69) is 10.6 Å². The first kappa shape index (κ1) is 17.6. The topological polar surface area (TPSA) is 111 Å². The van der Waals surface area contributed by atoms with Crippen molar-refractivity contribution in [3.05, 3.63) is 0 Å². The summed E-state index contributed by atoms with van der Waals surface area (Å²) >= 11 is 0. The molecule has 0 spiro atoms. The number of hydrogen-bond acceptors (Lipinski definition) is 5. The van der Waals surface area contributed by atoms with Crippen LogP contribution in [0.1, 0.15) is 6.42 Å². The molecule has 0 aromatic heterocycles. The van der Waals surface area contributed by atoms with Gasteiger partial charge in [0, 0.05) is 39.8 Å². The fourth-order valence-corrected chi connectivity index (χ4v) is 1.31. The zero-order valence-electron chi connectivity index (χ0n) is 11.4. The Kier molecular flexibility index (Phi) is 9.77. The molecule has 8 heteroatoms. The largest absolute Gasteiger partial charge is 0.480 e. The number of nitrogens with zero attached hydrogens (tertiary/aromatic N) is 1. The minimum atomic E-state index is -1.17. The Morgan fingerprint density at radius 2 is 2.05 bits per heavy atom. The molecule has 2 amide bonds. The molecule has 0 heterocycles. The molecule has 0 rings (SSSR count). The quantitative estimate of drug-likeness (QED) is 0.395. The number of methoxy groups -OCH3 is 1. The molecule has 0 aliphatic carbocycles. The Labute approximate surface area is 112 Å². The van der Waals surface area contributed by atoms with Crippen LogP contribution < -0.4 is 10.6 Å². The molecule has 0 saturated carbocycles. The van der Waals surface area contributed by atoms with Crippen molar-refractivity contribution in [3.8, 4) is 0 Å². The van der Waals surface area contributed by atoms with Gasteiger partial charge in [0.15, 0.2) is 0 Å². The molecule has 0 aliphatic heterocycles. The Bertz CT molecular complexity index is 275. The summed E-state index contributed by atoms with van der Waals surface area (Å²) in [7, 11) is 3.51. The van der Waals surface area contributed by atoms with E-state index in [1.54, 1.807) is 7.11 Å². The summed E-state index contributed by atoms with van der Waals surface area (Å²) in [5.74, 6) is -1.17. The summed E-state index contributed by atoms with van der Waals surface area (Å²) in [5, 5.41) is 22.3. The lowest BCUT2D eigenvalue weighted by Gasteiger charge is -2.17. The van der Waals surface area contributed by atoms with Crippen LogP contribution in [0.15, 0.2) is 0 Å². The van der Waals surface area contributed by atoms with Gasteiger partial charge >= 0.3 is 12.0 Å². The molecule has 0 fully saturated rings. The van der Waals surface area contributed by atoms with Crippen molar-refractivity contribution in [2.75, 3.05) is 47.0 Å². The highest BCUT2D eigenvalue weighted by molar-refractivity contribution is 5.82. The number of carbonyl (C=O) groups is 2. The van der Waals surface area contributed by atoms with Crippen LogP contribution in [-0.2, 0) is 9.53 Å². The van der Waals surface area contributed by atoms with E-state index in [4.69, 9.17) is 14.9 Å². The molecular weight excluding hydrogens is 254 g/mol. The normalized spacial score (nSPS) is 12.2. The Balaban J connectivity index is 3.82. The number of hydrogen-bond donors (Lipinski definition) is 4. The van der Waals surface area contributed by atoms with E-state index in [1.165, 1.54) is 0 Å². The van der Waals surface area contributed by atoms with Gasteiger partial charge in [-0.2, -0.15) is 0 Å². The summed E-state index contributed by atoms with van der Waals surface area (Å²) in [6, 6.07) is -1.63. The SMILES string of the molecule is COCCN(C)CCNC(=O)N[C@H](CCO)C(=O)O. The first-order valence-corrected chi connectivity index (χ1v) is 6.06. The number of carboxylic acid groups (broad SMARTS) is 1. The number of amides is 2. The number of urea groups is 1. The monoisotopic (exact) mass is 277 g/mol. The molecule has 0 bridgehead atoms. The maximum atomic E-state index is 11.4. The number of carbonyl (C=O) groups excluding carboxylic acids is 1. The number of ether oxygens (including phenoxy) is 1. The number of likely N-dealkylation sites (N-methyl/N-ethyl adjacent to an activating group) is 1. The summed E-state index contributed by atoms with van der Waals surface area (Å²) in [5.41, 5.74) is 0. The van der Waals surface area contributed by atoms with E-state index in [0.717, 1.165) is 6.54 Å². The molecule has 0 aromatic carbocycles. The highest BCUT2D eigenvalue weighted by Gasteiger charge is 2.18. The second-order valence-corrected chi connectivity index (χ2v) is 4.10. The van der Waals surface area contributed by atoms with Crippen LogP contribution >= 0.6 is 0 Å². The van der Waals surface area contributed by atoms with Crippen molar-refractivity contribution >= 4 is 12.0 Å². The van der Waals surface area contributed by atoms with Gasteiger partial charge in [-0.1, -0.05) is 0 Å². The molecule has 112 valence electrons. The second kappa shape index (κ2) is 10.5. The third-order valence-electron chi connectivity index (χ3n) is 2.48. The van der Waals surface area contributed by atoms with Crippen molar-refractivity contribution in [2.45, 2.75) is 12.5 Å². The van der Waals surface area contributed by atoms with Crippen molar-refractivity contribution in [1.29, 1.82) is 0 Å². The minimum absolute atomic E-state index is 0.0174. The predicted molar refractivity (Wildman–Crippen MR) is 69.0 cm³/mol. The number of aliphatic carboxylic acids is 1. The zero-order chi connectivity index (χ0) is 14.7. The summed E-state index contributed by atoms with van der Waals surface area (Å²) < 4.78 is 4.92. The predicted octanol–water partition coefficient (Wildman–Crippen LogP) is -1.30. The van der Waals surface area contributed by atoms with Crippen molar-refractivity contribution < 1.29 is 24.5 Å². The van der Waals surface area contributed by atoms with E-state index < -0.39 is 18.0 Å². The smallest absolute Gasteiger partial charge is 0.326 e. The van der Waals surface area contributed by atoms with Gasteiger partial charge in [-0.3, -0.25) is 0 Å². The maximum absolute atomic E-state index is 11.4. The fraction of sp³-hybridized carbons (Fsp3) is 0.818. The van der Waals surface area contributed by atoms with Crippen LogP contribution in [0.3, 0.4) is 0 Å². The molecule has 0 saturated heterocycles. The highest BCUT2D eigenvalue weighted by Crippen LogP contribution is 1.91. The van der Waals surface area contributed by atoms with Gasteiger partial charge in [0.2, 0.25) is 0 Å². The van der Waals surface area contributed by atoms with E-state index in [9.17, 15) is 9.59 Å². The third-order valence-corrected chi connectivity index (χ3v) is 2.48. The van der Waals surface area contributed by atoms with Crippen molar-refractivity contribution in [1.82, 2.24) is 15.5 Å². The van der Waals surface area contributed by atoms with Gasteiger partial charge in [0.1, 0.15) is 6.04 Å². The number of aliphatic hydroxyl groups excluding tert-OH is 1. The molecule has 4 N–H and O–H groups in total. The zero-order valence-corrected chi connectivity index (χ0v) is 11.4. The minimum Gasteiger partial charge on any atom is -0.480 e. The van der Waals surface area contributed by atoms with Gasteiger partial charge in [-0.25, -0.2) is 9.59 Å². The van der Waals surface area contributed by atoms with Gasteiger partial charge in [-0.15, -0.1) is 0 Å². The number of nitrogens with one attached hydrogen (secondary N) is 2. The molecule has 8 nitrogen and oxygen atoms in total. The van der Waals surface area contributed by atoms with Crippen LogP contribution in [0.2, 0.25) is 0 Å². The average molecular weight is 277 g/mol. The number of aliphatic hydroxyl groups is 1. The first-order valence-electron chi connectivity index (χ1n) is 6.06. The molecule has 19 heavy (non-hydrogen) atoms. The third kappa shape index (κ3) is 9.23. The van der Waals surface area contributed by atoms with E-state index >= 15 is 0 Å². The van der Waals surface area contributed by atoms with Crippen LogP contribution in [0.4, 0.5) is 4.79 Å². The molecule has 0 radical (unpaired) electrons. The van der Waals surface area contributed by atoms with Crippen LogP contribution in [-0.4, -0.2) is 80.2 Å². The van der Waals surface area contributed by atoms with Gasteiger partial charge < -0.3 is 30.5 Å². The van der Waals surface area contributed by atoms with E-state index in [-0.39, 0.29) is 13.0 Å². The summed E-state index contributed by atoms with van der Waals surface area (Å²) in [6.07, 6.45) is -0.0174. The average Bonchev–Trinajstić information content (AvgIpc) is 2.35. The van der Waals surface area contributed by atoms with Gasteiger partial charge in [0.25, 0.3) is 0 Å². The van der Waals surface area contributed by atoms with Crippen LogP contribution in [0.25, 0.3) is 0 Å². The van der Waals surface area contributed by atoms with E-state index in [0.29, 0.717) is 19.7 Å². The van der Waals surface area contributed by atoms with E-state index in [1.807, 2.05) is 11.9 Å². The van der Waals surface area contributed by atoms with Crippen molar-refractivity contribution in [2.24, 2.45) is 0 Å². The fourth-order valence-electron chi connectivity index (χ4n) is 1.31. The molecule has 0 unspecified atom stereocenters. The van der Waals surface area contributed by atoms with Crippen LogP contribution in [0.5, 0.6) is 0 Å². The molecular formula is C11H23N3O5. The summed E-state index contributed by atoms with van der Waals surface area (Å²) in [4.78, 5) is 24.1. The maximum Gasteiger partial charge on any atom is 0.326 e. The summed E-state index contributed by atoms with van der Waals surface area (Å²) in [6.45, 7) is 2.10. The first-order chi connectivity index (χ1) is 9.01. The number of rotatable bonds is 10. The second-order valence-electron chi connectivity index (χ2n) is 4.10. The Morgan fingerprint density at radius 1 is 1.37 bits per heavy atom. The van der Waals surface area contributed by atoms with Crippen molar-refractivity contribution in [3.63, 3.8) is 0 Å². The van der Waals surface area contributed by atoms with Gasteiger partial charge in [0.05, 0.1) is 6.61 Å². The molecule has 0 aromatic rings. The molecule has 0 aliphatic rings.